The van der Waals surface area contributed by atoms with Crippen LogP contribution >= 0.6 is 0 Å². The summed E-state index contributed by atoms with van der Waals surface area (Å²) in [5.41, 5.74) is 0. The maximum Gasteiger partial charge on any atom is 0.220 e. The van der Waals surface area contributed by atoms with E-state index in [0.717, 1.165) is 38.5 Å². The minimum Gasteiger partial charge on any atom is -0.394 e. The first-order chi connectivity index (χ1) is 40.8. The van der Waals surface area contributed by atoms with Crippen molar-refractivity contribution in [3.05, 3.63) is 24.3 Å². The van der Waals surface area contributed by atoms with Crippen molar-refractivity contribution in [3.8, 4) is 0 Å². The molecule has 3 heterocycles. The molecule has 19 heteroatoms. The van der Waals surface area contributed by atoms with Crippen LogP contribution in [0, 0.1) is 0 Å². The number of rotatable bonds is 51. The minimum absolute atomic E-state index is 0.240. The smallest absolute Gasteiger partial charge is 0.220 e. The molecule has 0 radical (unpaired) electrons. The van der Waals surface area contributed by atoms with Gasteiger partial charge in [-0.25, -0.2) is 0 Å². The molecule has 494 valence electrons. The van der Waals surface area contributed by atoms with E-state index in [0.29, 0.717) is 12.8 Å². The average Bonchev–Trinajstić information content (AvgIpc) is 2.86. The summed E-state index contributed by atoms with van der Waals surface area (Å²) in [6.45, 7) is 1.68. The first kappa shape index (κ1) is 76.5. The Balaban J connectivity index is 1.36. The molecular weight excluding hydrogens is 1080 g/mol. The summed E-state index contributed by atoms with van der Waals surface area (Å²) in [6.07, 6.45) is 26.3. The van der Waals surface area contributed by atoms with Crippen molar-refractivity contribution in [1.82, 2.24) is 5.32 Å². The van der Waals surface area contributed by atoms with Gasteiger partial charge in [0.15, 0.2) is 18.9 Å². The van der Waals surface area contributed by atoms with Crippen LogP contribution < -0.4 is 5.32 Å². The number of carbonyl (C=O) groups excluding carboxylic acids is 1. The maximum absolute atomic E-state index is 13.3. The summed E-state index contributed by atoms with van der Waals surface area (Å²) in [5.74, 6) is -0.283. The molecule has 19 nitrogen and oxygen atoms in total. The van der Waals surface area contributed by atoms with Crippen LogP contribution in [0.4, 0.5) is 0 Å². The third-order valence-corrected chi connectivity index (χ3v) is 17.0. The van der Waals surface area contributed by atoms with Gasteiger partial charge >= 0.3 is 0 Å². The van der Waals surface area contributed by atoms with E-state index in [1.54, 1.807) is 6.08 Å². The normalized spacial score (nSPS) is 29.3. The quantitative estimate of drug-likeness (QED) is 0.0204. The number of allylic oxidation sites excluding steroid dienone is 3. The predicted molar refractivity (Wildman–Crippen MR) is 323 cm³/mol. The lowest BCUT2D eigenvalue weighted by molar-refractivity contribution is -0.379. The molecule has 3 rings (SSSR count). The molecule has 0 aromatic carbocycles. The molecule has 1 amide bonds. The van der Waals surface area contributed by atoms with Gasteiger partial charge in [-0.3, -0.25) is 4.79 Å². The molecule has 0 saturated carbocycles. The molecule has 0 aliphatic carbocycles. The summed E-state index contributed by atoms with van der Waals surface area (Å²) in [7, 11) is 0. The van der Waals surface area contributed by atoms with E-state index in [1.807, 2.05) is 6.08 Å². The van der Waals surface area contributed by atoms with Crippen LogP contribution in [0.15, 0.2) is 24.3 Å². The number of aliphatic hydroxyl groups excluding tert-OH is 11. The van der Waals surface area contributed by atoms with Crippen LogP contribution in [0.3, 0.4) is 0 Å². The lowest BCUT2D eigenvalue weighted by Crippen LogP contribution is -2.66. The number of nitrogens with one attached hydrogen (secondary N) is 1. The van der Waals surface area contributed by atoms with Crippen molar-refractivity contribution in [2.24, 2.45) is 0 Å². The second kappa shape index (κ2) is 48.2. The molecule has 0 spiro atoms. The summed E-state index contributed by atoms with van der Waals surface area (Å²) in [6, 6.07) is -0.984. The van der Waals surface area contributed by atoms with Gasteiger partial charge in [-0.15, -0.1) is 0 Å². The predicted octanol–water partition coefficient (Wildman–Crippen LogP) is 7.88. The zero-order chi connectivity index (χ0) is 61.2. The largest absolute Gasteiger partial charge is 0.394 e. The van der Waals surface area contributed by atoms with Crippen LogP contribution in [-0.4, -0.2) is 193 Å². The van der Waals surface area contributed by atoms with E-state index in [9.17, 15) is 61.0 Å². The first-order valence-corrected chi connectivity index (χ1v) is 33.6. The number of amides is 1. The van der Waals surface area contributed by atoms with Crippen molar-refractivity contribution in [3.63, 3.8) is 0 Å². The van der Waals surface area contributed by atoms with Gasteiger partial charge in [0.2, 0.25) is 5.91 Å². The third-order valence-electron chi connectivity index (χ3n) is 17.0. The molecule has 0 bridgehead atoms. The Morgan fingerprint density at radius 1 is 0.417 bits per heavy atom. The third kappa shape index (κ3) is 30.7. The minimum atomic E-state index is -1.98. The topological polar surface area (TPSA) is 307 Å². The number of hydrogen-bond donors (Lipinski definition) is 12. The molecule has 0 aromatic rings. The Morgan fingerprint density at radius 3 is 1.19 bits per heavy atom. The van der Waals surface area contributed by atoms with Crippen LogP contribution in [0.1, 0.15) is 251 Å². The van der Waals surface area contributed by atoms with Gasteiger partial charge in [0.25, 0.3) is 0 Å². The molecule has 17 atom stereocenters. The fraction of sp³-hybridized carbons (Fsp3) is 0.923. The first-order valence-electron chi connectivity index (χ1n) is 33.6. The second-order valence-corrected chi connectivity index (χ2v) is 24.3. The summed E-state index contributed by atoms with van der Waals surface area (Å²) < 4.78 is 34.2. The van der Waals surface area contributed by atoms with Gasteiger partial charge in [0.1, 0.15) is 73.2 Å². The van der Waals surface area contributed by atoms with Crippen molar-refractivity contribution >= 4 is 5.91 Å². The molecule has 3 aliphatic rings. The van der Waals surface area contributed by atoms with E-state index < -0.39 is 124 Å². The van der Waals surface area contributed by atoms with Crippen LogP contribution in [-0.2, 0) is 33.2 Å². The van der Waals surface area contributed by atoms with Gasteiger partial charge in [-0.1, -0.05) is 237 Å². The van der Waals surface area contributed by atoms with Gasteiger partial charge in [-0.2, -0.15) is 0 Å². The zero-order valence-corrected chi connectivity index (χ0v) is 51.9. The lowest BCUT2D eigenvalue weighted by atomic mass is 9.96. The van der Waals surface area contributed by atoms with Gasteiger partial charge in [0, 0.05) is 6.42 Å². The van der Waals surface area contributed by atoms with Crippen molar-refractivity contribution in [1.29, 1.82) is 0 Å². The summed E-state index contributed by atoms with van der Waals surface area (Å²) >= 11 is 0. The molecule has 17 unspecified atom stereocenters. The van der Waals surface area contributed by atoms with Gasteiger partial charge in [0.05, 0.1) is 38.6 Å². The summed E-state index contributed by atoms with van der Waals surface area (Å²) in [4.78, 5) is 13.3. The van der Waals surface area contributed by atoms with E-state index in [2.05, 4.69) is 31.3 Å². The van der Waals surface area contributed by atoms with Crippen LogP contribution in [0.2, 0.25) is 0 Å². The van der Waals surface area contributed by atoms with Crippen LogP contribution in [0.5, 0.6) is 0 Å². The molecule has 3 saturated heterocycles. The number of unbranched alkanes of at least 4 members (excludes halogenated alkanes) is 33. The fourth-order valence-corrected chi connectivity index (χ4v) is 11.5. The summed E-state index contributed by atoms with van der Waals surface area (Å²) in [5, 5.41) is 120. The lowest BCUT2D eigenvalue weighted by Gasteiger charge is -2.48. The van der Waals surface area contributed by atoms with Gasteiger partial charge < -0.3 is 89.9 Å². The van der Waals surface area contributed by atoms with Crippen molar-refractivity contribution in [2.75, 3.05) is 26.4 Å². The fourth-order valence-electron chi connectivity index (χ4n) is 11.5. The highest BCUT2D eigenvalue weighted by molar-refractivity contribution is 5.76. The van der Waals surface area contributed by atoms with E-state index >= 15 is 0 Å². The van der Waals surface area contributed by atoms with Crippen molar-refractivity contribution < 1.29 is 89.4 Å². The monoisotopic (exact) mass is 1200 g/mol. The number of ether oxygens (including phenoxy) is 6. The Morgan fingerprint density at radius 2 is 0.762 bits per heavy atom. The Kier molecular flexibility index (Phi) is 43.9. The molecule has 3 fully saturated rings. The molecule has 3 aliphatic heterocycles. The standard InChI is InChI=1S/C65H121NO18/c1-3-5-7-9-11-13-15-16-17-18-19-20-21-22-23-24-25-26-27-28-29-30-31-32-33-35-37-39-41-43-53(71)66-48(49(70)42-40-38-36-34-14-12-10-8-6-4-2)47-79-63-59(77)56(74)61(51(45-68)81-63)84-65-60(78)57(75)62(52(46-69)82-65)83-64-58(76)55(73)54(72)50(44-67)80-64/h14,34,40,42,48-52,54-65,67-70,72-78H,3-13,15-33,35-39,41,43-47H2,1-2H3,(H,66,71)/b34-14+,42-40+. The Bertz CT molecular complexity index is 1630. The maximum atomic E-state index is 13.3. The zero-order valence-electron chi connectivity index (χ0n) is 51.9. The number of aliphatic hydroxyl groups is 11. The van der Waals surface area contributed by atoms with Gasteiger partial charge in [-0.05, 0) is 32.1 Å². The number of hydrogen-bond acceptors (Lipinski definition) is 18. The molecular formula is C65H121NO18. The average molecular weight is 1200 g/mol. The highest BCUT2D eigenvalue weighted by Crippen LogP contribution is 2.33. The Hall–Kier alpha value is -1.73. The highest BCUT2D eigenvalue weighted by Gasteiger charge is 2.53. The second-order valence-electron chi connectivity index (χ2n) is 24.3. The number of carbonyl (C=O) groups is 1. The van der Waals surface area contributed by atoms with E-state index in [-0.39, 0.29) is 18.9 Å². The molecule has 12 N–H and O–H groups in total. The molecule has 84 heavy (non-hydrogen) atoms. The van der Waals surface area contributed by atoms with Crippen LogP contribution in [0.25, 0.3) is 0 Å². The highest BCUT2D eigenvalue weighted by atomic mass is 16.8. The molecule has 0 aromatic heterocycles. The van der Waals surface area contributed by atoms with E-state index in [1.165, 1.54) is 180 Å². The van der Waals surface area contributed by atoms with E-state index in [4.69, 9.17) is 28.4 Å². The SMILES string of the molecule is CCCCCC/C=C/CC/C=C/C(O)C(COC1OC(CO)C(OC2OC(CO)C(OC3OC(CO)C(O)C(O)C3O)C(O)C2O)C(O)C1O)NC(=O)CCCCCCCCCCCCCCCCCCCCCCCCCCCCCCC. The van der Waals surface area contributed by atoms with Crippen molar-refractivity contribution in [2.45, 2.75) is 356 Å². The Labute approximate surface area is 505 Å².